The summed E-state index contributed by atoms with van der Waals surface area (Å²) in [7, 11) is 1.57. The summed E-state index contributed by atoms with van der Waals surface area (Å²) in [5.74, 6) is 0.578. The molecule has 0 saturated carbocycles. The van der Waals surface area contributed by atoms with E-state index in [2.05, 4.69) is 5.10 Å². The van der Waals surface area contributed by atoms with Crippen molar-refractivity contribution in [1.29, 1.82) is 0 Å². The first-order chi connectivity index (χ1) is 9.08. The maximum atomic E-state index is 10.6. The molecular weight excluding hydrogens is 264 g/mol. The Morgan fingerprint density at radius 1 is 1.47 bits per heavy atom. The van der Waals surface area contributed by atoms with Crippen LogP contribution in [0.3, 0.4) is 0 Å². The lowest BCUT2D eigenvalue weighted by molar-refractivity contribution is 0.202. The Kier molecular flexibility index (Phi) is 4.12. The van der Waals surface area contributed by atoms with Crippen LogP contribution in [-0.4, -0.2) is 22.0 Å². The summed E-state index contributed by atoms with van der Waals surface area (Å²) in [5, 5.41) is 15.4. The second kappa shape index (κ2) is 5.63. The van der Waals surface area contributed by atoms with Crippen molar-refractivity contribution >= 4 is 11.6 Å². The highest BCUT2D eigenvalue weighted by Crippen LogP contribution is 2.32. The second-order valence-electron chi connectivity index (χ2n) is 4.32. The van der Waals surface area contributed by atoms with E-state index in [1.54, 1.807) is 24.1 Å². The number of halogens is 1. The largest absolute Gasteiger partial charge is 0.493 e. The Labute approximate surface area is 117 Å². The van der Waals surface area contributed by atoms with Crippen molar-refractivity contribution in [2.45, 2.75) is 26.5 Å². The fraction of sp³-hybridized carbons (Fsp3) is 0.357. The molecular formula is C14H17ClN2O2. The van der Waals surface area contributed by atoms with Crippen LogP contribution in [0.1, 0.15) is 29.8 Å². The summed E-state index contributed by atoms with van der Waals surface area (Å²) < 4.78 is 6.99. The second-order valence-corrected chi connectivity index (χ2v) is 4.75. The topological polar surface area (TPSA) is 47.3 Å². The van der Waals surface area contributed by atoms with Crippen molar-refractivity contribution in [3.05, 3.63) is 46.2 Å². The predicted molar refractivity (Wildman–Crippen MR) is 74.7 cm³/mol. The highest BCUT2D eigenvalue weighted by molar-refractivity contribution is 6.30. The van der Waals surface area contributed by atoms with Crippen molar-refractivity contribution in [1.82, 2.24) is 9.78 Å². The van der Waals surface area contributed by atoms with E-state index in [-0.39, 0.29) is 0 Å². The van der Waals surface area contributed by atoms with Gasteiger partial charge in [0, 0.05) is 11.6 Å². The Morgan fingerprint density at radius 2 is 2.21 bits per heavy atom. The zero-order valence-corrected chi connectivity index (χ0v) is 12.0. The van der Waals surface area contributed by atoms with E-state index in [1.807, 2.05) is 26.0 Å². The molecule has 0 radical (unpaired) electrons. The van der Waals surface area contributed by atoms with E-state index in [9.17, 15) is 5.11 Å². The summed E-state index contributed by atoms with van der Waals surface area (Å²) in [6, 6.07) is 5.47. The molecule has 5 heteroatoms. The summed E-state index contributed by atoms with van der Waals surface area (Å²) in [6.07, 6.45) is 0.804. The highest BCUT2D eigenvalue weighted by atomic mass is 35.5. The number of hydrogen-bond donors (Lipinski definition) is 1. The molecule has 0 aliphatic heterocycles. The molecule has 1 unspecified atom stereocenters. The number of aliphatic hydroxyl groups excluding tert-OH is 1. The molecule has 2 rings (SSSR count). The first-order valence-corrected chi connectivity index (χ1v) is 6.50. The van der Waals surface area contributed by atoms with Gasteiger partial charge in [-0.2, -0.15) is 5.10 Å². The lowest BCUT2D eigenvalue weighted by atomic mass is 10.0. The number of hydrogen-bond acceptors (Lipinski definition) is 3. The lowest BCUT2D eigenvalue weighted by Gasteiger charge is -2.16. The third-order valence-corrected chi connectivity index (χ3v) is 3.39. The molecule has 1 heterocycles. The van der Waals surface area contributed by atoms with Crippen LogP contribution in [0.15, 0.2) is 24.4 Å². The molecule has 1 atom stereocenters. The number of ether oxygens (including phenoxy) is 1. The number of aromatic nitrogens is 2. The molecule has 0 fully saturated rings. The minimum absolute atomic E-state index is 0.578. The van der Waals surface area contributed by atoms with Crippen LogP contribution in [0.25, 0.3) is 0 Å². The van der Waals surface area contributed by atoms with Crippen LogP contribution >= 0.6 is 11.6 Å². The van der Waals surface area contributed by atoms with E-state index in [0.29, 0.717) is 23.0 Å². The van der Waals surface area contributed by atoms with Gasteiger partial charge in [0.15, 0.2) is 5.75 Å². The fourth-order valence-electron chi connectivity index (χ4n) is 2.12. The van der Waals surface area contributed by atoms with Gasteiger partial charge >= 0.3 is 0 Å². The fourth-order valence-corrected chi connectivity index (χ4v) is 2.30. The third kappa shape index (κ3) is 2.60. The molecule has 1 N–H and O–H groups in total. The molecule has 0 aliphatic rings. The van der Waals surface area contributed by atoms with E-state index in [1.165, 1.54) is 0 Å². The number of benzene rings is 1. The lowest BCUT2D eigenvalue weighted by Crippen LogP contribution is -2.11. The Balaban J connectivity index is 2.51. The summed E-state index contributed by atoms with van der Waals surface area (Å²) in [6.45, 7) is 4.57. The predicted octanol–water partition coefficient (Wildman–Crippen LogP) is 2.96. The maximum absolute atomic E-state index is 10.6. The van der Waals surface area contributed by atoms with Gasteiger partial charge in [-0.25, -0.2) is 0 Å². The molecule has 0 spiro atoms. The van der Waals surface area contributed by atoms with Gasteiger partial charge in [-0.3, -0.25) is 4.68 Å². The Hall–Kier alpha value is -1.52. The van der Waals surface area contributed by atoms with Crippen LogP contribution in [0.5, 0.6) is 5.75 Å². The van der Waals surface area contributed by atoms with Gasteiger partial charge in [0.1, 0.15) is 11.8 Å². The van der Waals surface area contributed by atoms with Crippen LogP contribution in [0.4, 0.5) is 0 Å². The van der Waals surface area contributed by atoms with Crippen LogP contribution in [0, 0.1) is 6.92 Å². The maximum Gasteiger partial charge on any atom is 0.163 e. The van der Waals surface area contributed by atoms with Crippen molar-refractivity contribution in [2.24, 2.45) is 0 Å². The number of aryl methyl sites for hydroxylation is 2. The zero-order chi connectivity index (χ0) is 14.0. The van der Waals surface area contributed by atoms with Crippen molar-refractivity contribution in [2.75, 3.05) is 7.11 Å². The monoisotopic (exact) mass is 280 g/mol. The van der Waals surface area contributed by atoms with E-state index < -0.39 is 6.10 Å². The molecule has 0 saturated heterocycles. The summed E-state index contributed by atoms with van der Waals surface area (Å²) >= 11 is 6.00. The molecule has 4 nitrogen and oxygen atoms in total. The van der Waals surface area contributed by atoms with Crippen LogP contribution in [0.2, 0.25) is 5.02 Å². The average molecular weight is 281 g/mol. The van der Waals surface area contributed by atoms with Crippen molar-refractivity contribution in [3.63, 3.8) is 0 Å². The summed E-state index contributed by atoms with van der Waals surface area (Å²) in [5.41, 5.74) is 2.39. The van der Waals surface area contributed by atoms with Gasteiger partial charge in [-0.05, 0) is 37.1 Å². The minimum atomic E-state index is -0.809. The standard InChI is InChI=1S/C14H17ClN2O2/c1-4-17-13(12(19-3)8-16-17)14(18)11-7-10(15)6-5-9(11)2/h5-8,14,18H,4H2,1-3H3. The Morgan fingerprint density at radius 3 is 2.84 bits per heavy atom. The zero-order valence-electron chi connectivity index (χ0n) is 11.2. The molecule has 1 aromatic heterocycles. The van der Waals surface area contributed by atoms with Crippen LogP contribution in [-0.2, 0) is 6.54 Å². The van der Waals surface area contributed by atoms with Gasteiger partial charge < -0.3 is 9.84 Å². The van der Waals surface area contributed by atoms with E-state index in [0.717, 1.165) is 11.1 Å². The molecule has 0 bridgehead atoms. The first kappa shape index (κ1) is 13.9. The van der Waals surface area contributed by atoms with Gasteiger partial charge in [0.25, 0.3) is 0 Å². The highest BCUT2D eigenvalue weighted by Gasteiger charge is 2.22. The normalized spacial score (nSPS) is 12.5. The van der Waals surface area contributed by atoms with Crippen LogP contribution < -0.4 is 4.74 Å². The molecule has 0 amide bonds. The Bertz CT molecular complexity index is 559. The third-order valence-electron chi connectivity index (χ3n) is 3.16. The summed E-state index contributed by atoms with van der Waals surface area (Å²) in [4.78, 5) is 0. The van der Waals surface area contributed by atoms with Gasteiger partial charge in [0.05, 0.1) is 13.3 Å². The van der Waals surface area contributed by atoms with E-state index in [4.69, 9.17) is 16.3 Å². The smallest absolute Gasteiger partial charge is 0.163 e. The number of methoxy groups -OCH3 is 1. The first-order valence-electron chi connectivity index (χ1n) is 6.12. The molecule has 1 aromatic carbocycles. The van der Waals surface area contributed by atoms with Gasteiger partial charge in [0.2, 0.25) is 0 Å². The molecule has 2 aromatic rings. The SMILES string of the molecule is CCn1ncc(OC)c1C(O)c1cc(Cl)ccc1C. The average Bonchev–Trinajstić information content (AvgIpc) is 2.83. The number of nitrogens with zero attached hydrogens (tertiary/aromatic N) is 2. The number of rotatable bonds is 4. The van der Waals surface area contributed by atoms with Crippen molar-refractivity contribution < 1.29 is 9.84 Å². The number of aliphatic hydroxyl groups is 1. The minimum Gasteiger partial charge on any atom is -0.493 e. The van der Waals surface area contributed by atoms with Gasteiger partial charge in [-0.1, -0.05) is 17.7 Å². The van der Waals surface area contributed by atoms with E-state index >= 15 is 0 Å². The van der Waals surface area contributed by atoms with Crippen molar-refractivity contribution in [3.8, 4) is 5.75 Å². The molecule has 0 aliphatic carbocycles. The molecule has 19 heavy (non-hydrogen) atoms. The quantitative estimate of drug-likeness (QED) is 0.937. The molecule has 102 valence electrons. The van der Waals surface area contributed by atoms with Gasteiger partial charge in [-0.15, -0.1) is 0 Å².